The van der Waals surface area contributed by atoms with Crippen LogP contribution in [0.25, 0.3) is 10.2 Å². The van der Waals surface area contributed by atoms with Gasteiger partial charge >= 0.3 is 0 Å². The number of nitrogens with zero attached hydrogens (tertiary/aromatic N) is 3. The Hall–Kier alpha value is -3.39. The summed E-state index contributed by atoms with van der Waals surface area (Å²) in [6.07, 6.45) is 0. The van der Waals surface area contributed by atoms with Gasteiger partial charge in [-0.2, -0.15) is 0 Å². The van der Waals surface area contributed by atoms with Crippen molar-refractivity contribution in [2.45, 2.75) is 33.6 Å². The Kier molecular flexibility index (Phi) is 6.12. The molecule has 170 valence electrons. The molecule has 8 heteroatoms. The van der Waals surface area contributed by atoms with E-state index in [9.17, 15) is 13.6 Å². The van der Waals surface area contributed by atoms with Crippen LogP contribution < -0.4 is 10.2 Å². The van der Waals surface area contributed by atoms with Crippen LogP contribution in [0, 0.1) is 25.5 Å². The monoisotopic (exact) mass is 466 g/mol. The molecule has 0 bridgehead atoms. The number of nitrogens with one attached hydrogen (secondary N) is 1. The Morgan fingerprint density at radius 2 is 1.67 bits per heavy atom. The highest BCUT2D eigenvalue weighted by molar-refractivity contribution is 7.20. The van der Waals surface area contributed by atoms with Crippen molar-refractivity contribution in [2.24, 2.45) is 0 Å². The minimum absolute atomic E-state index is 0.331. The Labute approximate surface area is 195 Å². The standard InChI is InChI=1S/C25H24F2N4OS/c1-13(2)16-9-11-17(12-10-16)31(5)23-20-14(3)22(33-25(20)29-15(4)28-23)24(32)30-21-18(26)7-6-8-19(21)27/h6-13H,1-5H3,(H,30,32). The summed E-state index contributed by atoms with van der Waals surface area (Å²) in [5, 5.41) is 3.10. The Morgan fingerprint density at radius 3 is 2.27 bits per heavy atom. The molecule has 1 N–H and O–H groups in total. The maximum absolute atomic E-state index is 14.0. The lowest BCUT2D eigenvalue weighted by molar-refractivity contribution is 0.102. The van der Waals surface area contributed by atoms with Crippen molar-refractivity contribution in [2.75, 3.05) is 17.3 Å². The van der Waals surface area contributed by atoms with Crippen LogP contribution in [0.15, 0.2) is 42.5 Å². The molecule has 0 radical (unpaired) electrons. The predicted octanol–water partition coefficient (Wildman–Crippen LogP) is 6.73. The number of para-hydroxylation sites is 1. The fourth-order valence-corrected chi connectivity index (χ4v) is 4.79. The van der Waals surface area contributed by atoms with Crippen LogP contribution in [0.5, 0.6) is 0 Å². The van der Waals surface area contributed by atoms with Crippen LogP contribution in [-0.4, -0.2) is 22.9 Å². The van der Waals surface area contributed by atoms with Crippen LogP contribution >= 0.6 is 11.3 Å². The van der Waals surface area contributed by atoms with Gasteiger partial charge in [0.25, 0.3) is 5.91 Å². The highest BCUT2D eigenvalue weighted by atomic mass is 32.1. The molecule has 33 heavy (non-hydrogen) atoms. The quantitative estimate of drug-likeness (QED) is 0.354. The molecule has 0 saturated carbocycles. The number of benzene rings is 2. The molecule has 2 aromatic heterocycles. The SMILES string of the molecule is Cc1nc(N(C)c2ccc(C(C)C)cc2)c2c(C)c(C(=O)Nc3c(F)cccc3F)sc2n1. The average molecular weight is 467 g/mol. The zero-order valence-electron chi connectivity index (χ0n) is 19.0. The molecule has 2 heterocycles. The molecule has 0 saturated heterocycles. The molecule has 0 aliphatic heterocycles. The van der Waals surface area contributed by atoms with E-state index in [1.165, 1.54) is 23.0 Å². The van der Waals surface area contributed by atoms with Crippen molar-refractivity contribution in [3.63, 3.8) is 0 Å². The van der Waals surface area contributed by atoms with Crippen molar-refractivity contribution in [3.8, 4) is 0 Å². The maximum Gasteiger partial charge on any atom is 0.266 e. The summed E-state index contributed by atoms with van der Waals surface area (Å²) in [6, 6.07) is 11.7. The van der Waals surface area contributed by atoms with Crippen LogP contribution in [0.3, 0.4) is 0 Å². The second-order valence-corrected chi connectivity index (χ2v) is 9.19. The highest BCUT2D eigenvalue weighted by Gasteiger charge is 2.23. The van der Waals surface area contributed by atoms with E-state index in [1.54, 1.807) is 13.8 Å². The van der Waals surface area contributed by atoms with Crippen molar-refractivity contribution >= 4 is 44.7 Å². The molecular formula is C25H24F2N4OS. The molecule has 0 fully saturated rings. The number of hydrogen-bond donors (Lipinski definition) is 1. The minimum Gasteiger partial charge on any atom is -0.329 e. The average Bonchev–Trinajstić information content (AvgIpc) is 3.11. The van der Waals surface area contributed by atoms with Gasteiger partial charge < -0.3 is 10.2 Å². The van der Waals surface area contributed by atoms with Crippen LogP contribution in [-0.2, 0) is 0 Å². The van der Waals surface area contributed by atoms with E-state index in [0.717, 1.165) is 23.2 Å². The fraction of sp³-hybridized carbons (Fsp3) is 0.240. The third kappa shape index (κ3) is 4.30. The van der Waals surface area contributed by atoms with Gasteiger partial charge in [-0.15, -0.1) is 11.3 Å². The van der Waals surface area contributed by atoms with E-state index in [4.69, 9.17) is 0 Å². The summed E-state index contributed by atoms with van der Waals surface area (Å²) < 4.78 is 28.1. The summed E-state index contributed by atoms with van der Waals surface area (Å²) in [5.41, 5.74) is 2.38. The molecule has 2 aromatic carbocycles. The highest BCUT2D eigenvalue weighted by Crippen LogP contribution is 2.38. The molecule has 1 amide bonds. The van der Waals surface area contributed by atoms with Crippen molar-refractivity contribution in [1.82, 2.24) is 9.97 Å². The molecular weight excluding hydrogens is 442 g/mol. The number of aromatic nitrogens is 2. The van der Waals surface area contributed by atoms with Crippen LogP contribution in [0.4, 0.5) is 26.0 Å². The lowest BCUT2D eigenvalue weighted by Gasteiger charge is -2.20. The second kappa shape index (κ2) is 8.86. The number of aryl methyl sites for hydroxylation is 2. The number of halogens is 2. The first kappa shape index (κ1) is 22.8. The number of carbonyl (C=O) groups excluding carboxylic acids is 1. The van der Waals surface area contributed by atoms with E-state index < -0.39 is 23.2 Å². The van der Waals surface area contributed by atoms with E-state index in [1.807, 2.05) is 24.1 Å². The Bertz CT molecular complexity index is 1330. The fourth-order valence-electron chi connectivity index (χ4n) is 3.67. The number of fused-ring (bicyclic) bond motifs is 1. The normalized spacial score (nSPS) is 11.3. The van der Waals surface area contributed by atoms with E-state index >= 15 is 0 Å². The van der Waals surface area contributed by atoms with Gasteiger partial charge in [-0.25, -0.2) is 18.7 Å². The zero-order chi connectivity index (χ0) is 23.9. The summed E-state index contributed by atoms with van der Waals surface area (Å²) in [6.45, 7) is 7.88. The second-order valence-electron chi connectivity index (χ2n) is 8.19. The number of hydrogen-bond acceptors (Lipinski definition) is 5. The van der Waals surface area contributed by atoms with Crippen molar-refractivity contribution in [1.29, 1.82) is 0 Å². The molecule has 0 atom stereocenters. The first-order valence-electron chi connectivity index (χ1n) is 10.5. The Balaban J connectivity index is 1.76. The first-order valence-corrected chi connectivity index (χ1v) is 11.4. The van der Waals surface area contributed by atoms with Crippen LogP contribution in [0.1, 0.15) is 46.4 Å². The van der Waals surface area contributed by atoms with Gasteiger partial charge in [0.15, 0.2) is 0 Å². The minimum atomic E-state index is -0.831. The third-order valence-electron chi connectivity index (χ3n) is 5.56. The van der Waals surface area contributed by atoms with Gasteiger partial charge in [-0.05, 0) is 55.2 Å². The first-order chi connectivity index (χ1) is 15.7. The molecule has 5 nitrogen and oxygen atoms in total. The van der Waals surface area contributed by atoms with Gasteiger partial charge in [-0.1, -0.05) is 32.0 Å². The van der Waals surface area contributed by atoms with Crippen molar-refractivity contribution in [3.05, 3.63) is 75.9 Å². The molecule has 4 aromatic rings. The van der Waals surface area contributed by atoms with Gasteiger partial charge in [0.2, 0.25) is 0 Å². The van der Waals surface area contributed by atoms with E-state index in [0.29, 0.717) is 32.8 Å². The van der Waals surface area contributed by atoms with Crippen LogP contribution in [0.2, 0.25) is 0 Å². The molecule has 4 rings (SSSR count). The van der Waals surface area contributed by atoms with Gasteiger partial charge in [-0.3, -0.25) is 4.79 Å². The lowest BCUT2D eigenvalue weighted by Crippen LogP contribution is -2.14. The van der Waals surface area contributed by atoms with Gasteiger partial charge in [0, 0.05) is 12.7 Å². The number of rotatable bonds is 5. The molecule has 0 aliphatic carbocycles. The summed E-state index contributed by atoms with van der Waals surface area (Å²) >= 11 is 1.18. The van der Waals surface area contributed by atoms with Crippen molar-refractivity contribution < 1.29 is 13.6 Å². The molecule has 0 unspecified atom stereocenters. The number of thiophene rings is 1. The topological polar surface area (TPSA) is 58.1 Å². The summed E-state index contributed by atoms with van der Waals surface area (Å²) in [7, 11) is 1.91. The smallest absolute Gasteiger partial charge is 0.266 e. The molecule has 0 aliphatic rings. The largest absolute Gasteiger partial charge is 0.329 e. The predicted molar refractivity (Wildman–Crippen MR) is 130 cm³/mol. The van der Waals surface area contributed by atoms with E-state index in [2.05, 4.69) is 41.3 Å². The maximum atomic E-state index is 14.0. The number of carbonyl (C=O) groups is 1. The van der Waals surface area contributed by atoms with Gasteiger partial charge in [0.05, 0.1) is 10.3 Å². The Morgan fingerprint density at radius 1 is 1.03 bits per heavy atom. The lowest BCUT2D eigenvalue weighted by atomic mass is 10.0. The summed E-state index contributed by atoms with van der Waals surface area (Å²) in [4.78, 5) is 25.0. The van der Waals surface area contributed by atoms with Gasteiger partial charge in [0.1, 0.15) is 33.8 Å². The van der Waals surface area contributed by atoms with E-state index in [-0.39, 0.29) is 0 Å². The molecule has 0 spiro atoms. The summed E-state index contributed by atoms with van der Waals surface area (Å²) in [5.74, 6) is -0.592. The number of amides is 1. The zero-order valence-corrected chi connectivity index (χ0v) is 19.8. The third-order valence-corrected chi connectivity index (χ3v) is 6.74. The number of anilines is 3.